The minimum absolute atomic E-state index is 0.00780. The molecule has 5 aliphatic rings. The van der Waals surface area contributed by atoms with Crippen LogP contribution in [0.2, 0.25) is 0 Å². The predicted molar refractivity (Wildman–Crippen MR) is 132 cm³/mol. The summed E-state index contributed by atoms with van der Waals surface area (Å²) in [5, 5.41) is 23.4. The van der Waals surface area contributed by atoms with Gasteiger partial charge in [0.1, 0.15) is 5.60 Å². The van der Waals surface area contributed by atoms with E-state index >= 15 is 0 Å². The normalized spacial score (nSPS) is 50.2. The van der Waals surface area contributed by atoms with Crippen LogP contribution >= 0.6 is 0 Å². The molecule has 0 unspecified atom stereocenters. The number of aliphatic hydroxyl groups excluding tert-OH is 1. The molecule has 4 aliphatic carbocycles. The van der Waals surface area contributed by atoms with Gasteiger partial charge >= 0.3 is 10.4 Å². The second kappa shape index (κ2) is 8.50. The summed E-state index contributed by atoms with van der Waals surface area (Å²) >= 11 is 0. The summed E-state index contributed by atoms with van der Waals surface area (Å²) in [6, 6.07) is 0. The van der Waals surface area contributed by atoms with Crippen molar-refractivity contribution in [2.24, 2.45) is 40.4 Å². The summed E-state index contributed by atoms with van der Waals surface area (Å²) < 4.78 is 43.5. The molecule has 5 rings (SSSR count). The van der Waals surface area contributed by atoms with Crippen LogP contribution in [0, 0.1) is 40.4 Å². The molecule has 5 fully saturated rings. The Kier molecular flexibility index (Phi) is 6.34. The topological polar surface area (TPSA) is 113 Å². The van der Waals surface area contributed by atoms with E-state index in [1.54, 1.807) is 0 Å². The second-order valence-corrected chi connectivity index (χ2v) is 14.2. The van der Waals surface area contributed by atoms with Gasteiger partial charge in [-0.15, -0.1) is 0 Å². The largest absolute Gasteiger partial charge is 0.397 e. The van der Waals surface area contributed by atoms with Gasteiger partial charge in [0.05, 0.1) is 24.4 Å². The molecule has 200 valence electrons. The van der Waals surface area contributed by atoms with E-state index in [-0.39, 0.29) is 17.8 Å². The molecule has 0 radical (unpaired) electrons. The first kappa shape index (κ1) is 26.1. The number of hydrogen-bond acceptors (Lipinski definition) is 6. The molecule has 1 heterocycles. The van der Waals surface area contributed by atoms with E-state index in [4.69, 9.17) is 8.92 Å². The van der Waals surface area contributed by atoms with E-state index in [9.17, 15) is 23.2 Å². The highest BCUT2D eigenvalue weighted by atomic mass is 32.3. The van der Waals surface area contributed by atoms with Gasteiger partial charge < -0.3 is 14.9 Å². The highest BCUT2D eigenvalue weighted by Crippen LogP contribution is 2.74. The molecule has 0 amide bonds. The summed E-state index contributed by atoms with van der Waals surface area (Å²) in [7, 11) is -4.62. The zero-order chi connectivity index (χ0) is 25.4. The Balaban J connectivity index is 1.42. The first-order chi connectivity index (χ1) is 16.3. The number of aliphatic hydroxyl groups is 2. The Hall–Kier alpha value is -0.510. The van der Waals surface area contributed by atoms with Crippen molar-refractivity contribution in [3.8, 4) is 0 Å². The molecule has 1 aliphatic heterocycles. The lowest BCUT2D eigenvalue weighted by molar-refractivity contribution is -0.258. The average molecular weight is 513 g/mol. The van der Waals surface area contributed by atoms with E-state index in [0.29, 0.717) is 49.5 Å². The molecule has 1 spiro atoms. The van der Waals surface area contributed by atoms with Gasteiger partial charge in [-0.25, -0.2) is 4.18 Å². The molecule has 0 aromatic carbocycles. The minimum Gasteiger partial charge on any atom is -0.390 e. The molecule has 4 saturated carbocycles. The van der Waals surface area contributed by atoms with Gasteiger partial charge in [-0.05, 0) is 80.0 Å². The standard InChI is InChI=1S/C27H44O7S/c1-17(2)6-5-7-18(3)20-8-9-21-24(20,4)12-11-22-25-13-10-19(34-35(30,31)32)14-27(25,29)23(28)15-26(21,22)33-16-25/h5,7,17-23,28-29H,6,8-16H2,1-4H3,(H,30,31,32)/b7-5+/t18-,19+,20-,21-,22-,23-,24-,25+,26-,27+/m1/s1. The van der Waals surface area contributed by atoms with Crippen molar-refractivity contribution in [2.75, 3.05) is 6.61 Å². The van der Waals surface area contributed by atoms with E-state index in [1.807, 2.05) is 0 Å². The molecule has 8 heteroatoms. The van der Waals surface area contributed by atoms with Crippen LogP contribution in [0.4, 0.5) is 0 Å². The fraction of sp³-hybridized carbons (Fsp3) is 0.926. The van der Waals surface area contributed by atoms with Crippen LogP contribution in [0.25, 0.3) is 0 Å². The third-order valence-corrected chi connectivity index (χ3v) is 11.7. The molecule has 0 aromatic heterocycles. The van der Waals surface area contributed by atoms with E-state index in [1.165, 1.54) is 0 Å². The van der Waals surface area contributed by atoms with Crippen molar-refractivity contribution < 1.29 is 32.1 Å². The molecule has 35 heavy (non-hydrogen) atoms. The van der Waals surface area contributed by atoms with Gasteiger partial charge in [-0.1, -0.05) is 39.8 Å². The lowest BCUT2D eigenvalue weighted by Crippen LogP contribution is -2.72. The second-order valence-electron chi connectivity index (χ2n) is 13.2. The molecule has 10 atom stereocenters. The summed E-state index contributed by atoms with van der Waals surface area (Å²) in [5.41, 5.74) is -2.40. The summed E-state index contributed by atoms with van der Waals surface area (Å²) in [5.74, 6) is 2.20. The van der Waals surface area contributed by atoms with E-state index < -0.39 is 39.2 Å². The van der Waals surface area contributed by atoms with Crippen LogP contribution in [0.5, 0.6) is 0 Å². The molecule has 2 bridgehead atoms. The number of fused-ring (bicyclic) bond motifs is 1. The minimum atomic E-state index is -4.62. The zero-order valence-corrected chi connectivity index (χ0v) is 22.5. The average Bonchev–Trinajstić information content (AvgIpc) is 3.23. The highest BCUT2D eigenvalue weighted by Gasteiger charge is 2.78. The smallest absolute Gasteiger partial charge is 0.390 e. The Labute approximate surface area is 210 Å². The lowest BCUT2D eigenvalue weighted by atomic mass is 9.42. The monoisotopic (exact) mass is 512 g/mol. The molecular weight excluding hydrogens is 468 g/mol. The summed E-state index contributed by atoms with van der Waals surface area (Å²) in [4.78, 5) is 0. The first-order valence-electron chi connectivity index (χ1n) is 13.6. The maximum Gasteiger partial charge on any atom is 0.397 e. The SMILES string of the molecule is CC(C)C/C=C/[C@@H](C)[C@H]1CC[C@@H]2[C@]1(C)CC[C@H]1[C@@]23C[C@@H](O)[C@@]2(O)C[C@@H](OS(=O)(=O)O)CC[C@]12CO3. The first-order valence-corrected chi connectivity index (χ1v) is 15.0. The van der Waals surface area contributed by atoms with Crippen molar-refractivity contribution in [3.05, 3.63) is 12.2 Å². The van der Waals surface area contributed by atoms with Gasteiger partial charge in [0.25, 0.3) is 0 Å². The molecule has 3 N–H and O–H groups in total. The van der Waals surface area contributed by atoms with Crippen LogP contribution in [-0.4, -0.2) is 53.2 Å². The van der Waals surface area contributed by atoms with Crippen LogP contribution in [0.1, 0.15) is 85.5 Å². The lowest BCUT2D eigenvalue weighted by Gasteiger charge is -2.64. The van der Waals surface area contributed by atoms with Gasteiger partial charge in [0.15, 0.2) is 0 Å². The Bertz CT molecular complexity index is 965. The molecule has 0 aromatic rings. The van der Waals surface area contributed by atoms with Gasteiger partial charge in [-0.3, -0.25) is 4.55 Å². The van der Waals surface area contributed by atoms with Gasteiger partial charge in [0, 0.05) is 18.3 Å². The molecule has 1 saturated heterocycles. The quantitative estimate of drug-likeness (QED) is 0.359. The zero-order valence-electron chi connectivity index (χ0n) is 21.7. The number of ether oxygens (including phenoxy) is 1. The highest BCUT2D eigenvalue weighted by molar-refractivity contribution is 7.80. The van der Waals surface area contributed by atoms with Crippen LogP contribution in [0.15, 0.2) is 12.2 Å². The Morgan fingerprint density at radius 2 is 1.83 bits per heavy atom. The van der Waals surface area contributed by atoms with Gasteiger partial charge in [0.2, 0.25) is 0 Å². The molecule has 7 nitrogen and oxygen atoms in total. The van der Waals surface area contributed by atoms with Crippen molar-refractivity contribution in [3.63, 3.8) is 0 Å². The van der Waals surface area contributed by atoms with E-state index in [2.05, 4.69) is 39.8 Å². The maximum absolute atomic E-state index is 11.9. The third-order valence-electron chi connectivity index (χ3n) is 11.1. The summed E-state index contributed by atoms with van der Waals surface area (Å²) in [6.45, 7) is 9.66. The van der Waals surface area contributed by atoms with E-state index in [0.717, 1.165) is 32.1 Å². The molecular formula is C27H44O7S. The summed E-state index contributed by atoms with van der Waals surface area (Å²) in [6.07, 6.45) is 9.56. The van der Waals surface area contributed by atoms with Crippen molar-refractivity contribution in [2.45, 2.75) is 109 Å². The van der Waals surface area contributed by atoms with Crippen LogP contribution < -0.4 is 0 Å². The number of hydrogen-bond donors (Lipinski definition) is 3. The van der Waals surface area contributed by atoms with Crippen molar-refractivity contribution >= 4 is 10.4 Å². The Morgan fingerprint density at radius 1 is 1.09 bits per heavy atom. The van der Waals surface area contributed by atoms with Crippen LogP contribution in [-0.2, 0) is 19.3 Å². The van der Waals surface area contributed by atoms with Gasteiger partial charge in [-0.2, -0.15) is 8.42 Å². The predicted octanol–water partition coefficient (Wildman–Crippen LogP) is 4.29. The maximum atomic E-state index is 11.9. The number of allylic oxidation sites excluding steroid dienone is 2. The van der Waals surface area contributed by atoms with Crippen LogP contribution in [0.3, 0.4) is 0 Å². The van der Waals surface area contributed by atoms with Crippen molar-refractivity contribution in [1.29, 1.82) is 0 Å². The fourth-order valence-corrected chi connectivity index (χ4v) is 10.2. The third kappa shape index (κ3) is 3.80. The van der Waals surface area contributed by atoms with Crippen molar-refractivity contribution in [1.82, 2.24) is 0 Å². The Morgan fingerprint density at radius 3 is 2.51 bits per heavy atom. The fourth-order valence-electron chi connectivity index (χ4n) is 9.74. The number of rotatable bonds is 6.